The maximum Gasteiger partial charge on any atom is 0.560 e. The first-order valence-corrected chi connectivity index (χ1v) is 31.8. The van der Waals surface area contributed by atoms with Crippen molar-refractivity contribution in [1.29, 1.82) is 0 Å². The normalized spacial score (nSPS) is 16.8. The predicted octanol–water partition coefficient (Wildman–Crippen LogP) is 9.76. The van der Waals surface area contributed by atoms with Gasteiger partial charge in [0, 0.05) is 90.9 Å². The maximum absolute atomic E-state index is 12.3. The Morgan fingerprint density at radius 2 is 0.811 bits per heavy atom. The van der Waals surface area contributed by atoms with Crippen LogP contribution in [0.15, 0.2) is 109 Å². The lowest BCUT2D eigenvalue weighted by molar-refractivity contribution is -0.198. The van der Waals surface area contributed by atoms with E-state index in [-0.39, 0.29) is 86.4 Å². The van der Waals surface area contributed by atoms with E-state index in [9.17, 15) is 52.7 Å². The summed E-state index contributed by atoms with van der Waals surface area (Å²) in [7, 11) is 0. The van der Waals surface area contributed by atoms with Crippen molar-refractivity contribution in [3.63, 3.8) is 0 Å². The molecule has 7 aliphatic heterocycles. The van der Waals surface area contributed by atoms with E-state index in [1.165, 1.54) is 18.4 Å². The number of likely N-dealkylation sites (tertiary alicyclic amines) is 1. The molecule has 29 heteroatoms. The Hall–Kier alpha value is -9.34. The first-order valence-electron chi connectivity index (χ1n) is 30.7. The van der Waals surface area contributed by atoms with Crippen LogP contribution in [0.5, 0.6) is 11.5 Å². The highest BCUT2D eigenvalue weighted by molar-refractivity contribution is 6.31. The topological polar surface area (TPSA) is 322 Å². The van der Waals surface area contributed by atoms with Crippen LogP contribution in [0.3, 0.4) is 0 Å². The highest BCUT2D eigenvalue weighted by Crippen LogP contribution is 2.30. The fourth-order valence-electron chi connectivity index (χ4n) is 10.0. The molecule has 7 heterocycles. The molecule has 5 aromatic rings. The maximum atomic E-state index is 12.3. The lowest BCUT2D eigenvalue weighted by Crippen LogP contribution is -2.40. The second-order valence-corrected chi connectivity index (χ2v) is 23.7. The van der Waals surface area contributed by atoms with Crippen LogP contribution in [0, 0.1) is 11.8 Å². The predicted molar refractivity (Wildman–Crippen MR) is 340 cm³/mol. The van der Waals surface area contributed by atoms with Gasteiger partial charge in [0.2, 0.25) is 11.8 Å². The number of hydrogen-bond acceptors (Lipinski definition) is 20. The molecule has 5 fully saturated rings. The second kappa shape index (κ2) is 35.8. The minimum atomic E-state index is -1.48. The second-order valence-electron chi connectivity index (χ2n) is 22.4. The summed E-state index contributed by atoms with van der Waals surface area (Å²) in [5.41, 5.74) is 6.63. The smallest absolute Gasteiger partial charge is 0.493 e. The molecular weight excluding hydrogens is 1300 g/mol. The Balaban J connectivity index is 0.000000159. The number of aliphatic hydroxyl groups is 1. The number of amides is 9. The molecule has 0 unspecified atom stereocenters. The Morgan fingerprint density at radius 1 is 0.442 bits per heavy atom. The molecule has 0 saturated carbocycles. The van der Waals surface area contributed by atoms with Crippen molar-refractivity contribution in [3.8, 4) is 11.5 Å². The van der Waals surface area contributed by atoms with Crippen molar-refractivity contribution in [3.05, 3.63) is 152 Å². The SMILES string of the molecule is O=C(OCc1ccc(Cl)cc1)ON1C(=O)CCC1=O.O=C(ON1C(=O)CCC1=O)ON1C(=O)CCC1=O.O=C1CCc2cc(OCC3CCN(C(=O)OCc4ccc(Cl)cc4)CC3)ccc2N1.O=C1CCc2cc(OCC3CCNCC3)ccc2N1.OCc1ccc(Cl)cc1. The van der Waals surface area contributed by atoms with Crippen molar-refractivity contribution < 1.29 is 91.3 Å². The first-order chi connectivity index (χ1) is 45.7. The third-order valence-corrected chi connectivity index (χ3v) is 16.2. The van der Waals surface area contributed by atoms with Crippen LogP contribution in [0.25, 0.3) is 0 Å². The summed E-state index contributed by atoms with van der Waals surface area (Å²) >= 11 is 17.2. The van der Waals surface area contributed by atoms with Crippen LogP contribution in [-0.4, -0.2) is 130 Å². The van der Waals surface area contributed by atoms with E-state index in [1.54, 1.807) is 65.6 Å². The van der Waals surface area contributed by atoms with Gasteiger partial charge in [-0.3, -0.25) is 52.9 Å². The molecule has 0 radical (unpaired) electrons. The van der Waals surface area contributed by atoms with Gasteiger partial charge >= 0.3 is 18.4 Å². The Morgan fingerprint density at radius 3 is 1.21 bits per heavy atom. The van der Waals surface area contributed by atoms with Gasteiger partial charge in [0.1, 0.15) is 24.7 Å². The number of benzene rings is 5. The lowest BCUT2D eigenvalue weighted by Gasteiger charge is -2.31. The van der Waals surface area contributed by atoms with Crippen molar-refractivity contribution in [2.45, 2.75) is 110 Å². The van der Waals surface area contributed by atoms with Crippen molar-refractivity contribution >= 4 is 112 Å². The third-order valence-electron chi connectivity index (χ3n) is 15.4. The highest BCUT2D eigenvalue weighted by Gasteiger charge is 2.38. The number of hydrogen-bond donors (Lipinski definition) is 4. The zero-order chi connectivity index (χ0) is 67.8. The van der Waals surface area contributed by atoms with E-state index >= 15 is 0 Å². The van der Waals surface area contributed by atoms with E-state index < -0.39 is 47.8 Å². The van der Waals surface area contributed by atoms with Gasteiger partial charge in [-0.2, -0.15) is 4.79 Å². The number of nitrogens with zero attached hydrogens (tertiary/aromatic N) is 4. The molecule has 0 spiro atoms. The number of piperidine rings is 2. The largest absolute Gasteiger partial charge is 0.560 e. The molecule has 4 N–H and O–H groups in total. The highest BCUT2D eigenvalue weighted by atomic mass is 35.5. The van der Waals surface area contributed by atoms with Gasteiger partial charge < -0.3 is 44.9 Å². The average molecular weight is 1370 g/mol. The van der Waals surface area contributed by atoms with Crippen molar-refractivity contribution in [2.24, 2.45) is 11.8 Å². The van der Waals surface area contributed by atoms with Gasteiger partial charge in [0.25, 0.3) is 35.4 Å². The minimum absolute atomic E-state index is 0.0355. The van der Waals surface area contributed by atoms with Gasteiger partial charge in [-0.15, -0.1) is 0 Å². The number of fused-ring (bicyclic) bond motifs is 2. The van der Waals surface area contributed by atoms with Gasteiger partial charge in [0.15, 0.2) is 0 Å². The van der Waals surface area contributed by atoms with Gasteiger partial charge in [-0.05, 0) is 164 Å². The zero-order valence-electron chi connectivity index (χ0n) is 51.5. The van der Waals surface area contributed by atoms with Crippen LogP contribution in [0.2, 0.25) is 15.1 Å². The molecule has 12 rings (SSSR count). The Kier molecular flexibility index (Phi) is 26.9. The quantitative estimate of drug-likeness (QED) is 0.0593. The van der Waals surface area contributed by atoms with Crippen LogP contribution in [-0.2, 0) is 95.0 Å². The van der Waals surface area contributed by atoms with E-state index in [1.807, 2.05) is 42.5 Å². The number of carbonyl (C=O) groups excluding carboxylic acids is 11. The Labute approximate surface area is 561 Å². The lowest BCUT2D eigenvalue weighted by atomic mass is 9.98. The molecule has 0 atom stereocenters. The number of hydroxylamine groups is 6. The van der Waals surface area contributed by atoms with E-state index in [4.69, 9.17) is 58.9 Å². The molecule has 504 valence electrons. The number of aliphatic hydroxyl groups excluding tert-OH is 1. The number of rotatable bonds is 14. The molecule has 95 heavy (non-hydrogen) atoms. The number of ether oxygens (including phenoxy) is 4. The van der Waals surface area contributed by atoms with Crippen LogP contribution in [0.1, 0.15) is 105 Å². The van der Waals surface area contributed by atoms with E-state index in [0.29, 0.717) is 70.1 Å². The Bertz CT molecular complexity index is 3480. The summed E-state index contributed by atoms with van der Waals surface area (Å²) in [4.78, 5) is 139. The summed E-state index contributed by atoms with van der Waals surface area (Å²) < 4.78 is 22.1. The summed E-state index contributed by atoms with van der Waals surface area (Å²) in [6, 6.07) is 32.8. The third kappa shape index (κ3) is 22.7. The first kappa shape index (κ1) is 71.5. The molecule has 0 aromatic heterocycles. The summed E-state index contributed by atoms with van der Waals surface area (Å²) in [5.74, 6) is -0.840. The molecule has 5 saturated heterocycles. The summed E-state index contributed by atoms with van der Waals surface area (Å²) in [6.07, 6.45) is 3.79. The van der Waals surface area contributed by atoms with Crippen molar-refractivity contribution in [2.75, 3.05) is 50.0 Å². The average Bonchev–Trinajstić information content (AvgIpc) is 2.10. The molecule has 5 aromatic carbocycles. The number of carbonyl (C=O) groups is 11. The van der Waals surface area contributed by atoms with Crippen LogP contribution < -0.4 is 25.4 Å². The molecular formula is C66H70Cl3N7O19. The van der Waals surface area contributed by atoms with Crippen LogP contribution in [0.4, 0.5) is 25.8 Å². The molecule has 7 aliphatic rings. The number of anilines is 2. The molecule has 0 bridgehead atoms. The van der Waals surface area contributed by atoms with Gasteiger partial charge in [-0.25, -0.2) is 9.59 Å². The summed E-state index contributed by atoms with van der Waals surface area (Å²) in [6.45, 7) is 5.26. The number of aryl methyl sites for hydroxylation is 2. The van der Waals surface area contributed by atoms with E-state index in [0.717, 1.165) is 84.9 Å². The molecule has 9 amide bonds. The van der Waals surface area contributed by atoms with Crippen molar-refractivity contribution in [1.82, 2.24) is 25.4 Å². The zero-order valence-corrected chi connectivity index (χ0v) is 53.8. The number of halogens is 3. The monoisotopic (exact) mass is 1370 g/mol. The summed E-state index contributed by atoms with van der Waals surface area (Å²) in [5, 5.41) is 20.6. The number of imide groups is 3. The molecule has 0 aliphatic carbocycles. The minimum Gasteiger partial charge on any atom is -0.493 e. The standard InChI is InChI=1S/C23H25ClN2O4.C15H20N2O2.C12H10ClNO5.C9H8N2O7.C7H7ClO/c24-19-4-1-16(2-5-19)15-30-23(28)26-11-9-17(10-12-26)14-29-20-6-7-21-18(13-20)3-8-22(27)25-21;18-15-4-1-12-9-13(2-3-14(12)17-15)19-10-11-5-7-16-8-6-11;13-9-3-1-8(2-4-9)7-18-12(17)19-14-10(15)5-6-11(14)16;12-5-1-2-6(13)10(5)17-9(16)18-11-7(14)3-4-8(11)15;8-7-3-1-6(5-9)2-4-7/h1-2,4-7,13,17H,3,8-12,14-15H2,(H,25,27);2-3,9,11,16H,1,4-8,10H2,(H,17,18);1-4H,5-7H2;1-4H2;1-4,9H,5H2. The fraction of sp³-hybridized carbons (Fsp3) is 0.379. The van der Waals surface area contributed by atoms with E-state index in [2.05, 4.69) is 36.5 Å². The molecule has 26 nitrogen and oxygen atoms in total. The van der Waals surface area contributed by atoms with Gasteiger partial charge in [0.05, 0.1) is 19.8 Å². The van der Waals surface area contributed by atoms with Crippen LogP contribution >= 0.6 is 34.8 Å². The fourth-order valence-corrected chi connectivity index (χ4v) is 10.4. The number of nitrogens with one attached hydrogen (secondary N) is 3. The van der Waals surface area contributed by atoms with Gasteiger partial charge in [-0.1, -0.05) is 86.4 Å².